The molecule has 1 N–H and O–H groups in total. The zero-order valence-electron chi connectivity index (χ0n) is 19.1. The lowest BCUT2D eigenvalue weighted by Gasteiger charge is -2.21. The zero-order valence-corrected chi connectivity index (χ0v) is 19.9. The summed E-state index contributed by atoms with van der Waals surface area (Å²) < 4.78 is 48.9. The molecule has 3 rings (SSSR count). The first-order chi connectivity index (χ1) is 15.8. The molecule has 0 saturated heterocycles. The van der Waals surface area contributed by atoms with E-state index in [2.05, 4.69) is 5.32 Å². The molecule has 10 heteroatoms. The average molecular weight is 477 g/mol. The number of ether oxygens (including phenoxy) is 4. The van der Waals surface area contributed by atoms with E-state index in [0.29, 0.717) is 54.9 Å². The van der Waals surface area contributed by atoms with E-state index in [1.54, 1.807) is 32.1 Å². The molecule has 0 spiro atoms. The highest BCUT2D eigenvalue weighted by Gasteiger charge is 2.23. The smallest absolute Gasteiger partial charge is 0.248 e. The largest absolute Gasteiger partial charge is 0.495 e. The lowest BCUT2D eigenvalue weighted by Crippen LogP contribution is -2.30. The highest BCUT2D eigenvalue weighted by molar-refractivity contribution is 7.89. The standard InChI is InChI=1S/C23H28N2O7S/c1-5-25(6-2)33(27,28)17-8-9-19(29-3)18(15-17)24-22(26)10-7-16-13-20(30-4)23-21(14-16)31-11-12-32-23/h7-10,13-15H,5-6,11-12H2,1-4H3,(H,24,26). The van der Waals surface area contributed by atoms with Crippen molar-refractivity contribution in [3.05, 3.63) is 42.0 Å². The molecule has 0 bridgehead atoms. The van der Waals surface area contributed by atoms with Crippen LogP contribution in [0.1, 0.15) is 19.4 Å². The normalized spacial score (nSPS) is 13.2. The second-order valence-electron chi connectivity index (χ2n) is 7.02. The van der Waals surface area contributed by atoms with Gasteiger partial charge < -0.3 is 24.3 Å². The Kier molecular flexibility index (Phi) is 7.83. The van der Waals surface area contributed by atoms with Gasteiger partial charge in [-0.25, -0.2) is 8.42 Å². The van der Waals surface area contributed by atoms with Crippen LogP contribution >= 0.6 is 0 Å². The van der Waals surface area contributed by atoms with Crippen molar-refractivity contribution in [3.63, 3.8) is 0 Å². The monoisotopic (exact) mass is 476 g/mol. The van der Waals surface area contributed by atoms with Gasteiger partial charge in [-0.1, -0.05) is 13.8 Å². The quantitative estimate of drug-likeness (QED) is 0.555. The summed E-state index contributed by atoms with van der Waals surface area (Å²) in [4.78, 5) is 12.7. The Hall–Kier alpha value is -3.24. The van der Waals surface area contributed by atoms with E-state index in [1.807, 2.05) is 0 Å². The molecule has 0 aliphatic carbocycles. The van der Waals surface area contributed by atoms with E-state index in [0.717, 1.165) is 0 Å². The first-order valence-electron chi connectivity index (χ1n) is 10.5. The number of hydrogen-bond donors (Lipinski definition) is 1. The molecule has 178 valence electrons. The molecule has 0 fully saturated rings. The fourth-order valence-corrected chi connectivity index (χ4v) is 4.88. The maximum Gasteiger partial charge on any atom is 0.248 e. The number of nitrogens with zero attached hydrogens (tertiary/aromatic N) is 1. The van der Waals surface area contributed by atoms with Crippen LogP contribution in [-0.4, -0.2) is 59.2 Å². The molecule has 0 unspecified atom stereocenters. The van der Waals surface area contributed by atoms with Crippen LogP contribution in [0.4, 0.5) is 5.69 Å². The minimum atomic E-state index is -3.69. The summed E-state index contributed by atoms with van der Waals surface area (Å²) in [5.74, 6) is 1.46. The van der Waals surface area contributed by atoms with Gasteiger partial charge in [-0.3, -0.25) is 4.79 Å². The number of anilines is 1. The number of nitrogens with one attached hydrogen (secondary N) is 1. The van der Waals surface area contributed by atoms with Crippen molar-refractivity contribution in [3.8, 4) is 23.0 Å². The topological polar surface area (TPSA) is 103 Å². The van der Waals surface area contributed by atoms with Crippen LogP contribution in [0.2, 0.25) is 0 Å². The van der Waals surface area contributed by atoms with E-state index >= 15 is 0 Å². The highest BCUT2D eigenvalue weighted by atomic mass is 32.2. The predicted octanol–water partition coefficient (Wildman–Crippen LogP) is 3.16. The molecule has 1 aliphatic rings. The van der Waals surface area contributed by atoms with Gasteiger partial charge in [-0.2, -0.15) is 4.31 Å². The molecule has 0 radical (unpaired) electrons. The van der Waals surface area contributed by atoms with Crippen molar-refractivity contribution in [2.75, 3.05) is 45.8 Å². The number of rotatable bonds is 9. The van der Waals surface area contributed by atoms with Crippen LogP contribution < -0.4 is 24.3 Å². The summed E-state index contributed by atoms with van der Waals surface area (Å²) in [6.45, 7) is 5.08. The maximum absolute atomic E-state index is 12.8. The van der Waals surface area contributed by atoms with Crippen molar-refractivity contribution < 1.29 is 32.2 Å². The summed E-state index contributed by atoms with van der Waals surface area (Å²) >= 11 is 0. The fraction of sp³-hybridized carbons (Fsp3) is 0.348. The van der Waals surface area contributed by atoms with Gasteiger partial charge >= 0.3 is 0 Å². The average Bonchev–Trinajstić information content (AvgIpc) is 2.82. The third kappa shape index (κ3) is 5.40. The van der Waals surface area contributed by atoms with Crippen LogP contribution in [0.25, 0.3) is 6.08 Å². The molecule has 1 amide bonds. The van der Waals surface area contributed by atoms with Gasteiger partial charge in [-0.05, 0) is 42.0 Å². The number of carbonyl (C=O) groups excluding carboxylic acids is 1. The van der Waals surface area contributed by atoms with Crippen molar-refractivity contribution in [1.82, 2.24) is 4.31 Å². The van der Waals surface area contributed by atoms with E-state index in [9.17, 15) is 13.2 Å². The fourth-order valence-electron chi connectivity index (χ4n) is 3.39. The minimum Gasteiger partial charge on any atom is -0.495 e. The number of hydrogen-bond acceptors (Lipinski definition) is 7. The van der Waals surface area contributed by atoms with Gasteiger partial charge in [-0.15, -0.1) is 0 Å². The van der Waals surface area contributed by atoms with E-state index < -0.39 is 15.9 Å². The minimum absolute atomic E-state index is 0.0721. The molecule has 9 nitrogen and oxygen atoms in total. The van der Waals surface area contributed by atoms with Crippen LogP contribution in [0.5, 0.6) is 23.0 Å². The molecule has 0 saturated carbocycles. The summed E-state index contributed by atoms with van der Waals surface area (Å²) in [7, 11) is -0.715. The Labute approximate surface area is 193 Å². The van der Waals surface area contributed by atoms with Crippen LogP contribution in [-0.2, 0) is 14.8 Å². The molecule has 0 atom stereocenters. The summed E-state index contributed by atoms with van der Waals surface area (Å²) in [6, 6.07) is 7.85. The molecule has 2 aromatic rings. The van der Waals surface area contributed by atoms with E-state index in [-0.39, 0.29) is 10.6 Å². The Morgan fingerprint density at radius 1 is 1.06 bits per heavy atom. The van der Waals surface area contributed by atoms with Gasteiger partial charge in [0, 0.05) is 19.2 Å². The molecular weight excluding hydrogens is 448 g/mol. The summed E-state index contributed by atoms with van der Waals surface area (Å²) in [5.41, 5.74) is 0.927. The molecule has 2 aromatic carbocycles. The molecule has 1 heterocycles. The van der Waals surface area contributed by atoms with Crippen LogP contribution in [0, 0.1) is 0 Å². The Morgan fingerprint density at radius 3 is 2.42 bits per heavy atom. The third-order valence-electron chi connectivity index (χ3n) is 5.05. The molecule has 0 aromatic heterocycles. The zero-order chi connectivity index (χ0) is 24.0. The predicted molar refractivity (Wildman–Crippen MR) is 125 cm³/mol. The van der Waals surface area contributed by atoms with Crippen molar-refractivity contribution in [2.45, 2.75) is 18.7 Å². The number of amides is 1. The van der Waals surface area contributed by atoms with E-state index in [4.69, 9.17) is 18.9 Å². The summed E-state index contributed by atoms with van der Waals surface area (Å²) in [5, 5.41) is 2.69. The Bertz CT molecular complexity index is 1120. The molecule has 1 aliphatic heterocycles. The first-order valence-corrected chi connectivity index (χ1v) is 11.9. The third-order valence-corrected chi connectivity index (χ3v) is 7.10. The van der Waals surface area contributed by atoms with E-state index in [1.165, 1.54) is 42.8 Å². The van der Waals surface area contributed by atoms with Gasteiger partial charge in [0.05, 0.1) is 24.8 Å². The first kappa shape index (κ1) is 24.4. The molecule has 33 heavy (non-hydrogen) atoms. The second-order valence-corrected chi connectivity index (χ2v) is 8.96. The summed E-state index contributed by atoms with van der Waals surface area (Å²) in [6.07, 6.45) is 2.93. The highest BCUT2D eigenvalue weighted by Crippen LogP contribution is 2.40. The lowest BCUT2D eigenvalue weighted by atomic mass is 10.1. The number of fused-ring (bicyclic) bond motifs is 1. The van der Waals surface area contributed by atoms with Crippen LogP contribution in [0.3, 0.4) is 0 Å². The SMILES string of the molecule is CCN(CC)S(=O)(=O)c1ccc(OC)c(NC(=O)C=Cc2cc(OC)c3c(c2)OCCO3)c1. The number of benzene rings is 2. The second kappa shape index (κ2) is 10.6. The van der Waals surface area contributed by atoms with Gasteiger partial charge in [0.1, 0.15) is 19.0 Å². The molecular formula is C23H28N2O7S. The number of sulfonamides is 1. The number of methoxy groups -OCH3 is 2. The lowest BCUT2D eigenvalue weighted by molar-refractivity contribution is -0.111. The van der Waals surface area contributed by atoms with Gasteiger partial charge in [0.2, 0.25) is 21.7 Å². The Morgan fingerprint density at radius 2 is 1.76 bits per heavy atom. The van der Waals surface area contributed by atoms with Gasteiger partial charge in [0.15, 0.2) is 11.5 Å². The van der Waals surface area contributed by atoms with Crippen molar-refractivity contribution in [2.24, 2.45) is 0 Å². The maximum atomic E-state index is 12.8. The van der Waals surface area contributed by atoms with Gasteiger partial charge in [0.25, 0.3) is 0 Å². The van der Waals surface area contributed by atoms with Crippen LogP contribution in [0.15, 0.2) is 41.3 Å². The Balaban J connectivity index is 1.83. The van der Waals surface area contributed by atoms with Crippen molar-refractivity contribution in [1.29, 1.82) is 0 Å². The number of carbonyl (C=O) groups is 1. The van der Waals surface area contributed by atoms with Crippen molar-refractivity contribution >= 4 is 27.7 Å².